The number of fused-ring (bicyclic) bond motifs is 2. The molecule has 156 valence electrons. The number of aromatic nitrogens is 2. The average molecular weight is 426 g/mol. The van der Waals surface area contributed by atoms with Crippen LogP contribution >= 0.6 is 0 Å². The molecule has 30 heavy (non-hydrogen) atoms. The van der Waals surface area contributed by atoms with Gasteiger partial charge in [-0.1, -0.05) is 24.3 Å². The molecule has 2 aliphatic rings. The molecule has 0 saturated carbocycles. The third-order valence-corrected chi connectivity index (χ3v) is 8.04. The van der Waals surface area contributed by atoms with E-state index in [1.807, 2.05) is 23.1 Å². The first-order chi connectivity index (χ1) is 14.5. The smallest absolute Gasteiger partial charge is 0.245 e. The summed E-state index contributed by atoms with van der Waals surface area (Å²) in [5, 5.41) is 7.48. The number of amides is 1. The highest BCUT2D eigenvalue weighted by atomic mass is 32.2. The lowest BCUT2D eigenvalue weighted by Crippen LogP contribution is -2.46. The van der Waals surface area contributed by atoms with Crippen molar-refractivity contribution in [1.29, 1.82) is 0 Å². The van der Waals surface area contributed by atoms with Gasteiger partial charge in [0.2, 0.25) is 15.9 Å². The average Bonchev–Trinajstić information content (AvgIpc) is 3.36. The summed E-state index contributed by atoms with van der Waals surface area (Å²) in [5.41, 5.74) is 2.81. The number of rotatable bonds is 3. The van der Waals surface area contributed by atoms with Crippen LogP contribution in [0, 0.1) is 5.92 Å². The second kappa shape index (κ2) is 7.17. The molecule has 0 unspecified atom stereocenters. The Kier molecular flexibility index (Phi) is 4.59. The van der Waals surface area contributed by atoms with Gasteiger partial charge in [-0.05, 0) is 60.3 Å². The van der Waals surface area contributed by atoms with Crippen LogP contribution in [0.1, 0.15) is 25.3 Å². The number of anilines is 1. The molecule has 2 aliphatic heterocycles. The summed E-state index contributed by atoms with van der Waals surface area (Å²) in [6.45, 7) is 2.65. The van der Waals surface area contributed by atoms with Crippen LogP contribution in [-0.2, 0) is 21.2 Å². The van der Waals surface area contributed by atoms with Crippen molar-refractivity contribution >= 4 is 32.7 Å². The van der Waals surface area contributed by atoms with Crippen LogP contribution in [0.4, 0.5) is 5.69 Å². The van der Waals surface area contributed by atoms with Gasteiger partial charge in [-0.3, -0.25) is 4.79 Å². The molecule has 0 radical (unpaired) electrons. The van der Waals surface area contributed by atoms with Crippen molar-refractivity contribution in [3.63, 3.8) is 0 Å². The lowest BCUT2D eigenvalue weighted by Gasteiger charge is -2.34. The number of hydrogen-bond acceptors (Lipinski definition) is 6. The minimum atomic E-state index is -3.74. The number of sulfonamides is 1. The van der Waals surface area contributed by atoms with E-state index in [2.05, 4.69) is 23.3 Å². The number of para-hydroxylation sites is 1. The first-order valence-electron chi connectivity index (χ1n) is 10.1. The molecule has 3 heterocycles. The molecule has 0 spiro atoms. The van der Waals surface area contributed by atoms with E-state index in [0.29, 0.717) is 31.4 Å². The van der Waals surface area contributed by atoms with Crippen molar-refractivity contribution in [2.24, 2.45) is 5.92 Å². The topological polar surface area (TPSA) is 96.6 Å². The van der Waals surface area contributed by atoms with Gasteiger partial charge in [-0.25, -0.2) is 13.0 Å². The van der Waals surface area contributed by atoms with E-state index < -0.39 is 10.0 Å². The summed E-state index contributed by atoms with van der Waals surface area (Å²) >= 11 is 0. The molecule has 9 heteroatoms. The quantitative estimate of drug-likeness (QED) is 0.639. The maximum absolute atomic E-state index is 13.3. The molecule has 3 aromatic rings. The predicted octanol–water partition coefficient (Wildman–Crippen LogP) is 2.60. The van der Waals surface area contributed by atoms with Gasteiger partial charge in [0, 0.05) is 30.7 Å². The number of piperidine rings is 1. The Hall–Kier alpha value is -2.78. The fraction of sp³-hybridized carbons (Fsp3) is 0.381. The Morgan fingerprint density at radius 3 is 2.63 bits per heavy atom. The minimum absolute atomic E-state index is 0.0901. The van der Waals surface area contributed by atoms with Gasteiger partial charge >= 0.3 is 0 Å². The summed E-state index contributed by atoms with van der Waals surface area (Å²) < 4.78 is 32.5. The molecule has 1 saturated heterocycles. The molecule has 1 aromatic heterocycles. The van der Waals surface area contributed by atoms with E-state index in [0.717, 1.165) is 12.1 Å². The second-order valence-electron chi connectivity index (χ2n) is 7.96. The molecule has 2 aromatic carbocycles. The van der Waals surface area contributed by atoms with Crippen LogP contribution < -0.4 is 4.90 Å². The number of nitrogens with zero attached hydrogens (tertiary/aromatic N) is 4. The van der Waals surface area contributed by atoms with Gasteiger partial charge in [-0.15, -0.1) is 0 Å². The van der Waals surface area contributed by atoms with Crippen molar-refractivity contribution in [3.8, 4) is 0 Å². The van der Waals surface area contributed by atoms with Gasteiger partial charge in [0.25, 0.3) is 0 Å². The standard InChI is InChI=1S/C21H22N4O4S/c1-14-13-16-5-2-3-7-18(16)25(14)21(26)15-9-11-24(12-10-15)30(27,28)19-8-4-6-17-20(19)23-29-22-17/h2-8,14-15H,9-13H2,1H3/t14-/m1/s1. The normalized spacial score (nSPS) is 20.6. The highest BCUT2D eigenvalue weighted by molar-refractivity contribution is 7.89. The lowest BCUT2D eigenvalue weighted by atomic mass is 9.96. The zero-order valence-electron chi connectivity index (χ0n) is 16.6. The molecular formula is C21H22N4O4S. The molecule has 8 nitrogen and oxygen atoms in total. The van der Waals surface area contributed by atoms with Gasteiger partial charge in [0.05, 0.1) is 0 Å². The van der Waals surface area contributed by atoms with Crippen molar-refractivity contribution in [1.82, 2.24) is 14.6 Å². The molecule has 0 aliphatic carbocycles. The number of benzene rings is 2. The minimum Gasteiger partial charge on any atom is -0.309 e. The van der Waals surface area contributed by atoms with Crippen molar-refractivity contribution in [2.45, 2.75) is 37.1 Å². The molecule has 1 fully saturated rings. The highest BCUT2D eigenvalue weighted by Gasteiger charge is 2.38. The Morgan fingerprint density at radius 1 is 1.07 bits per heavy atom. The third kappa shape index (κ3) is 3.00. The largest absolute Gasteiger partial charge is 0.309 e. The van der Waals surface area contributed by atoms with Gasteiger partial charge in [0.1, 0.15) is 10.4 Å². The van der Waals surface area contributed by atoms with Crippen molar-refractivity contribution < 1.29 is 17.8 Å². The fourth-order valence-corrected chi connectivity index (χ4v) is 6.18. The van der Waals surface area contributed by atoms with Crippen molar-refractivity contribution in [3.05, 3.63) is 48.0 Å². The molecule has 1 amide bonds. The summed E-state index contributed by atoms with van der Waals surface area (Å²) in [6.07, 6.45) is 1.85. The Morgan fingerprint density at radius 2 is 1.83 bits per heavy atom. The van der Waals surface area contributed by atoms with Gasteiger partial charge < -0.3 is 4.90 Å². The summed E-state index contributed by atoms with van der Waals surface area (Å²) in [7, 11) is -3.74. The molecule has 0 N–H and O–H groups in total. The summed E-state index contributed by atoms with van der Waals surface area (Å²) in [6, 6.07) is 12.9. The van der Waals surface area contributed by atoms with Gasteiger partial charge in [-0.2, -0.15) is 4.31 Å². The number of carbonyl (C=O) groups is 1. The van der Waals surface area contributed by atoms with E-state index in [9.17, 15) is 13.2 Å². The van der Waals surface area contributed by atoms with E-state index in [4.69, 9.17) is 4.63 Å². The van der Waals surface area contributed by atoms with Crippen LogP contribution in [0.5, 0.6) is 0 Å². The first-order valence-corrected chi connectivity index (χ1v) is 11.5. The Balaban J connectivity index is 1.33. The zero-order valence-corrected chi connectivity index (χ0v) is 17.4. The first kappa shape index (κ1) is 19.2. The van der Waals surface area contributed by atoms with E-state index >= 15 is 0 Å². The maximum Gasteiger partial charge on any atom is 0.245 e. The SMILES string of the molecule is C[C@@H]1Cc2ccccc2N1C(=O)C1CCN(S(=O)(=O)c2cccc3nonc23)CC1. The molecule has 1 atom stereocenters. The fourth-order valence-electron chi connectivity index (χ4n) is 4.57. The van der Waals surface area contributed by atoms with Crippen LogP contribution in [0.3, 0.4) is 0 Å². The van der Waals surface area contributed by atoms with E-state index in [1.165, 1.54) is 15.9 Å². The predicted molar refractivity (Wildman–Crippen MR) is 110 cm³/mol. The molecule has 5 rings (SSSR count). The molecular weight excluding hydrogens is 404 g/mol. The van der Waals surface area contributed by atoms with E-state index in [1.54, 1.807) is 12.1 Å². The third-order valence-electron chi connectivity index (χ3n) is 6.11. The Bertz CT molecular complexity index is 1210. The van der Waals surface area contributed by atoms with Crippen LogP contribution in [0.25, 0.3) is 11.0 Å². The summed E-state index contributed by atoms with van der Waals surface area (Å²) in [4.78, 5) is 15.3. The van der Waals surface area contributed by atoms with Crippen LogP contribution in [0.2, 0.25) is 0 Å². The van der Waals surface area contributed by atoms with E-state index in [-0.39, 0.29) is 28.3 Å². The maximum atomic E-state index is 13.3. The molecule has 0 bridgehead atoms. The lowest BCUT2D eigenvalue weighted by molar-refractivity contribution is -0.123. The second-order valence-corrected chi connectivity index (χ2v) is 9.86. The highest BCUT2D eigenvalue weighted by Crippen LogP contribution is 2.35. The Labute approximate surface area is 174 Å². The number of carbonyl (C=O) groups excluding carboxylic acids is 1. The monoisotopic (exact) mass is 426 g/mol. The zero-order chi connectivity index (χ0) is 20.9. The van der Waals surface area contributed by atoms with Crippen molar-refractivity contribution in [2.75, 3.05) is 18.0 Å². The van der Waals surface area contributed by atoms with Crippen LogP contribution in [0.15, 0.2) is 52.0 Å². The number of hydrogen-bond donors (Lipinski definition) is 0. The summed E-state index contributed by atoms with van der Waals surface area (Å²) in [5.74, 6) is -0.0955. The van der Waals surface area contributed by atoms with Crippen LogP contribution in [-0.4, -0.2) is 48.1 Å². The van der Waals surface area contributed by atoms with Gasteiger partial charge in [0.15, 0.2) is 5.52 Å².